The summed E-state index contributed by atoms with van der Waals surface area (Å²) in [6.07, 6.45) is 2.55. The Morgan fingerprint density at radius 1 is 1.17 bits per heavy atom. The number of piperidine rings is 1. The van der Waals surface area contributed by atoms with Crippen molar-refractivity contribution in [2.24, 2.45) is 5.73 Å². The highest BCUT2D eigenvalue weighted by molar-refractivity contribution is 7.98. The number of aldehydes is 1. The highest BCUT2D eigenvalue weighted by atomic mass is 32.2. The standard InChI is InChI=1S/C23H27N3O3S/c1-26(20-9-10-22(28)25-23(20)29)13-19-18(14-27)3-2-4-21(19)30-15-17-7-5-16(6-8-17)11-12-24/h2-8,14,20H,9-13,15,24H2,1H3,(H,25,28,29). The largest absolute Gasteiger partial charge is 0.330 e. The number of nitrogens with zero attached hydrogens (tertiary/aromatic N) is 1. The molecule has 2 amide bonds. The van der Waals surface area contributed by atoms with E-state index in [0.717, 1.165) is 28.9 Å². The van der Waals surface area contributed by atoms with E-state index in [1.165, 1.54) is 11.1 Å². The fraction of sp³-hybridized carbons (Fsp3) is 0.348. The highest BCUT2D eigenvalue weighted by Gasteiger charge is 2.30. The number of rotatable bonds is 9. The Morgan fingerprint density at radius 2 is 1.90 bits per heavy atom. The number of amides is 2. The molecule has 0 radical (unpaired) electrons. The minimum absolute atomic E-state index is 0.230. The van der Waals surface area contributed by atoms with Gasteiger partial charge in [0.25, 0.3) is 0 Å². The normalized spacial score (nSPS) is 16.6. The molecule has 0 saturated carbocycles. The van der Waals surface area contributed by atoms with Crippen molar-refractivity contribution in [3.63, 3.8) is 0 Å². The van der Waals surface area contributed by atoms with Crippen LogP contribution < -0.4 is 11.1 Å². The maximum atomic E-state index is 12.2. The first-order chi connectivity index (χ1) is 14.5. The highest BCUT2D eigenvalue weighted by Crippen LogP contribution is 2.30. The average molecular weight is 426 g/mol. The van der Waals surface area contributed by atoms with Gasteiger partial charge < -0.3 is 5.73 Å². The Kier molecular flexibility index (Phi) is 7.79. The van der Waals surface area contributed by atoms with Gasteiger partial charge in [0.05, 0.1) is 6.04 Å². The van der Waals surface area contributed by atoms with E-state index in [-0.39, 0.29) is 17.9 Å². The van der Waals surface area contributed by atoms with E-state index in [0.29, 0.717) is 31.5 Å². The third-order valence-electron chi connectivity index (χ3n) is 5.30. The lowest BCUT2D eigenvalue weighted by atomic mass is 10.0. The molecule has 6 nitrogen and oxygen atoms in total. The molecule has 0 spiro atoms. The van der Waals surface area contributed by atoms with Gasteiger partial charge in [0.2, 0.25) is 11.8 Å². The minimum atomic E-state index is -0.379. The van der Waals surface area contributed by atoms with E-state index in [1.807, 2.05) is 24.1 Å². The van der Waals surface area contributed by atoms with Crippen molar-refractivity contribution in [2.45, 2.75) is 42.5 Å². The zero-order chi connectivity index (χ0) is 21.5. The lowest BCUT2D eigenvalue weighted by Gasteiger charge is -2.30. The minimum Gasteiger partial charge on any atom is -0.330 e. The first kappa shape index (κ1) is 22.2. The van der Waals surface area contributed by atoms with Crippen LogP contribution in [0.5, 0.6) is 0 Å². The quantitative estimate of drug-likeness (QED) is 0.364. The lowest BCUT2D eigenvalue weighted by Crippen LogP contribution is -2.51. The van der Waals surface area contributed by atoms with Crippen LogP contribution in [0.25, 0.3) is 0 Å². The van der Waals surface area contributed by atoms with Gasteiger partial charge in [-0.3, -0.25) is 24.6 Å². The monoisotopic (exact) mass is 425 g/mol. The molecule has 0 aliphatic carbocycles. The SMILES string of the molecule is CN(Cc1c(C=O)cccc1SCc1ccc(CCN)cc1)C1CCC(=O)NC1=O. The van der Waals surface area contributed by atoms with Gasteiger partial charge in [-0.25, -0.2) is 0 Å². The summed E-state index contributed by atoms with van der Waals surface area (Å²) < 4.78 is 0. The first-order valence-electron chi connectivity index (χ1n) is 10.0. The molecule has 1 fully saturated rings. The second-order valence-corrected chi connectivity index (χ2v) is 8.48. The number of hydrogen-bond acceptors (Lipinski definition) is 6. The van der Waals surface area contributed by atoms with Crippen LogP contribution in [0.4, 0.5) is 0 Å². The van der Waals surface area contributed by atoms with Gasteiger partial charge in [-0.05, 0) is 49.2 Å². The Balaban J connectivity index is 1.73. The fourth-order valence-corrected chi connectivity index (χ4v) is 4.64. The third-order valence-corrected chi connectivity index (χ3v) is 6.47. The molecular weight excluding hydrogens is 398 g/mol. The third kappa shape index (κ3) is 5.56. The summed E-state index contributed by atoms with van der Waals surface area (Å²) in [5.41, 5.74) is 9.56. The van der Waals surface area contributed by atoms with Crippen molar-refractivity contribution in [3.05, 3.63) is 64.7 Å². The first-order valence-corrected chi connectivity index (χ1v) is 11.0. The summed E-state index contributed by atoms with van der Waals surface area (Å²) in [5, 5.41) is 2.40. The van der Waals surface area contributed by atoms with Crippen LogP contribution in [0.2, 0.25) is 0 Å². The van der Waals surface area contributed by atoms with Crippen molar-refractivity contribution in [2.75, 3.05) is 13.6 Å². The molecule has 1 heterocycles. The van der Waals surface area contributed by atoms with Crippen LogP contribution in [0.3, 0.4) is 0 Å². The predicted octanol–water partition coefficient (Wildman–Crippen LogP) is 2.53. The second kappa shape index (κ2) is 10.5. The van der Waals surface area contributed by atoms with E-state index < -0.39 is 0 Å². The van der Waals surface area contributed by atoms with Gasteiger partial charge in [0.1, 0.15) is 6.29 Å². The topological polar surface area (TPSA) is 92.5 Å². The molecule has 3 rings (SSSR count). The van der Waals surface area contributed by atoms with E-state index in [1.54, 1.807) is 17.8 Å². The van der Waals surface area contributed by atoms with Gasteiger partial charge in [0.15, 0.2) is 0 Å². The number of nitrogens with two attached hydrogens (primary N) is 1. The van der Waals surface area contributed by atoms with Gasteiger partial charge >= 0.3 is 0 Å². The number of likely N-dealkylation sites (N-methyl/N-ethyl adjacent to an activating group) is 1. The summed E-state index contributed by atoms with van der Waals surface area (Å²) >= 11 is 1.67. The average Bonchev–Trinajstić information content (AvgIpc) is 2.74. The van der Waals surface area contributed by atoms with Crippen LogP contribution >= 0.6 is 11.8 Å². The summed E-state index contributed by atoms with van der Waals surface area (Å²) in [5.74, 6) is 0.274. The molecule has 1 saturated heterocycles. The van der Waals surface area contributed by atoms with Gasteiger partial charge in [-0.2, -0.15) is 0 Å². The Hall–Kier alpha value is -2.48. The molecule has 3 N–H and O–H groups in total. The zero-order valence-corrected chi connectivity index (χ0v) is 17.9. The Bertz CT molecular complexity index is 914. The number of imide groups is 1. The number of thioether (sulfide) groups is 1. The number of benzene rings is 2. The smallest absolute Gasteiger partial charge is 0.243 e. The Morgan fingerprint density at radius 3 is 2.57 bits per heavy atom. The molecule has 7 heteroatoms. The van der Waals surface area contributed by atoms with Crippen LogP contribution in [-0.4, -0.2) is 42.6 Å². The van der Waals surface area contributed by atoms with Crippen LogP contribution in [0, 0.1) is 0 Å². The summed E-state index contributed by atoms with van der Waals surface area (Å²) in [4.78, 5) is 38.2. The molecule has 1 aliphatic heterocycles. The number of nitrogens with one attached hydrogen (secondary N) is 1. The zero-order valence-electron chi connectivity index (χ0n) is 17.1. The summed E-state index contributed by atoms with van der Waals surface area (Å²) in [7, 11) is 1.85. The summed E-state index contributed by atoms with van der Waals surface area (Å²) in [6.45, 7) is 1.09. The molecule has 0 aromatic heterocycles. The van der Waals surface area contributed by atoms with E-state index in [9.17, 15) is 14.4 Å². The molecule has 158 valence electrons. The molecular formula is C23H27N3O3S. The molecule has 0 bridgehead atoms. The van der Waals surface area contributed by atoms with Crippen molar-refractivity contribution in [1.82, 2.24) is 10.2 Å². The fourth-order valence-electron chi connectivity index (χ4n) is 3.59. The number of hydrogen-bond donors (Lipinski definition) is 2. The molecule has 2 aromatic rings. The number of carbonyl (C=O) groups excluding carboxylic acids is 3. The maximum Gasteiger partial charge on any atom is 0.243 e. The molecule has 2 aromatic carbocycles. The van der Waals surface area contributed by atoms with E-state index in [2.05, 4.69) is 29.6 Å². The van der Waals surface area contributed by atoms with E-state index >= 15 is 0 Å². The van der Waals surface area contributed by atoms with Gasteiger partial charge in [-0.15, -0.1) is 11.8 Å². The maximum absolute atomic E-state index is 12.2. The van der Waals surface area contributed by atoms with Crippen molar-refractivity contribution in [3.8, 4) is 0 Å². The molecule has 1 atom stereocenters. The molecule has 1 aliphatic rings. The Labute approximate surface area is 181 Å². The summed E-state index contributed by atoms with van der Waals surface area (Å²) in [6, 6.07) is 13.7. The van der Waals surface area contributed by atoms with Crippen LogP contribution in [-0.2, 0) is 28.3 Å². The van der Waals surface area contributed by atoms with Crippen molar-refractivity contribution < 1.29 is 14.4 Å². The van der Waals surface area contributed by atoms with Crippen LogP contribution in [0.1, 0.15) is 39.9 Å². The van der Waals surface area contributed by atoms with Crippen LogP contribution in [0.15, 0.2) is 47.4 Å². The van der Waals surface area contributed by atoms with Crippen molar-refractivity contribution in [1.29, 1.82) is 0 Å². The van der Waals surface area contributed by atoms with Gasteiger partial charge in [0, 0.05) is 29.2 Å². The lowest BCUT2D eigenvalue weighted by molar-refractivity contribution is -0.137. The number of carbonyl (C=O) groups is 3. The predicted molar refractivity (Wildman–Crippen MR) is 118 cm³/mol. The van der Waals surface area contributed by atoms with Gasteiger partial charge in [-0.1, -0.05) is 36.4 Å². The molecule has 30 heavy (non-hydrogen) atoms. The van der Waals surface area contributed by atoms with E-state index in [4.69, 9.17) is 5.73 Å². The molecule has 1 unspecified atom stereocenters. The second-order valence-electron chi connectivity index (χ2n) is 7.47. The van der Waals surface area contributed by atoms with Crippen molar-refractivity contribution >= 4 is 29.9 Å².